The second-order valence-electron chi connectivity index (χ2n) is 7.04. The highest BCUT2D eigenvalue weighted by Crippen LogP contribution is 2.26. The number of anilines is 1. The largest absolute Gasteiger partial charge is 0.350 e. The topological polar surface area (TPSA) is 90.4 Å². The summed E-state index contributed by atoms with van der Waals surface area (Å²) in [6.45, 7) is 3.43. The number of carbonyl (C=O) groups is 1. The van der Waals surface area contributed by atoms with Gasteiger partial charge in [-0.3, -0.25) is 10.0 Å². The molecule has 2 heterocycles. The Hall–Kier alpha value is -1.99. The first-order valence-electron chi connectivity index (χ1n) is 9.16. The van der Waals surface area contributed by atoms with Crippen molar-refractivity contribution in [1.82, 2.24) is 20.3 Å². The van der Waals surface area contributed by atoms with E-state index in [0.29, 0.717) is 17.6 Å². The summed E-state index contributed by atoms with van der Waals surface area (Å²) >= 11 is 0. The molecule has 1 saturated heterocycles. The van der Waals surface area contributed by atoms with Gasteiger partial charge in [-0.25, -0.2) is 15.4 Å². The highest BCUT2D eigenvalue weighted by Gasteiger charge is 2.25. The van der Waals surface area contributed by atoms with Crippen LogP contribution in [-0.4, -0.2) is 51.7 Å². The second-order valence-corrected chi connectivity index (χ2v) is 7.04. The van der Waals surface area contributed by atoms with Crippen molar-refractivity contribution < 1.29 is 10.0 Å². The summed E-state index contributed by atoms with van der Waals surface area (Å²) in [4.78, 5) is 22.1. The van der Waals surface area contributed by atoms with E-state index in [2.05, 4.69) is 20.2 Å². The van der Waals surface area contributed by atoms with Crippen molar-refractivity contribution in [2.45, 2.75) is 44.6 Å². The van der Waals surface area contributed by atoms with Gasteiger partial charge in [-0.15, -0.1) is 0 Å². The van der Waals surface area contributed by atoms with Crippen LogP contribution < -0.4 is 10.8 Å². The number of carbonyl (C=O) groups excluding carboxylic acids is 1. The number of rotatable bonds is 6. The molecule has 0 unspecified atom stereocenters. The van der Waals surface area contributed by atoms with Crippen LogP contribution in [0.15, 0.2) is 18.5 Å². The number of hydroxylamine groups is 1. The predicted octanol–water partition coefficient (Wildman–Crippen LogP) is 2.06. The minimum absolute atomic E-state index is 0.394. The molecule has 1 aromatic heterocycles. The first kappa shape index (κ1) is 17.8. The van der Waals surface area contributed by atoms with Crippen LogP contribution in [0.3, 0.4) is 0 Å². The Balaban J connectivity index is 1.45. The first-order chi connectivity index (χ1) is 12.2. The van der Waals surface area contributed by atoms with Gasteiger partial charge >= 0.3 is 0 Å². The molecule has 1 atom stereocenters. The van der Waals surface area contributed by atoms with Crippen LogP contribution in [0.2, 0.25) is 0 Å². The fourth-order valence-corrected chi connectivity index (χ4v) is 3.74. The summed E-state index contributed by atoms with van der Waals surface area (Å²) in [6, 6.07) is 0.394. The molecular weight excluding hydrogens is 318 g/mol. The van der Waals surface area contributed by atoms with Gasteiger partial charge in [0.05, 0.1) is 0 Å². The summed E-state index contributed by atoms with van der Waals surface area (Å²) < 4.78 is 0. The fourth-order valence-electron chi connectivity index (χ4n) is 3.74. The van der Waals surface area contributed by atoms with Crippen LogP contribution in [-0.2, 0) is 4.79 Å². The third-order valence-electron chi connectivity index (χ3n) is 5.06. The number of nitrogens with one attached hydrogen (secondary N) is 2. The maximum atomic E-state index is 10.9. The average molecular weight is 345 g/mol. The lowest BCUT2D eigenvalue weighted by Gasteiger charge is -2.26. The smallest absolute Gasteiger partial charge is 0.267 e. The van der Waals surface area contributed by atoms with Gasteiger partial charge < -0.3 is 10.2 Å². The molecule has 7 nitrogen and oxygen atoms in total. The van der Waals surface area contributed by atoms with E-state index < -0.39 is 5.91 Å². The lowest BCUT2D eigenvalue weighted by Crippen LogP contribution is -2.31. The van der Waals surface area contributed by atoms with Crippen LogP contribution >= 0.6 is 0 Å². The van der Waals surface area contributed by atoms with Crippen molar-refractivity contribution in [3.8, 4) is 0 Å². The number of amides is 1. The maximum absolute atomic E-state index is 10.9. The summed E-state index contributed by atoms with van der Waals surface area (Å²) in [5.41, 5.74) is 2.25. The van der Waals surface area contributed by atoms with E-state index in [4.69, 9.17) is 5.21 Å². The molecule has 1 aliphatic heterocycles. The highest BCUT2D eigenvalue weighted by molar-refractivity contribution is 5.90. The van der Waals surface area contributed by atoms with Crippen molar-refractivity contribution in [1.29, 1.82) is 0 Å². The Morgan fingerprint density at radius 2 is 2.00 bits per heavy atom. The SMILES string of the molecule is O=C(/C=C/c1cnc(N[C@@H]2CCN(CC3CCCCC3)C2)nc1)NO. The molecule has 1 aromatic rings. The quantitative estimate of drug-likeness (QED) is 0.415. The number of hydrogen-bond donors (Lipinski definition) is 3. The third-order valence-corrected chi connectivity index (χ3v) is 5.06. The van der Waals surface area contributed by atoms with E-state index in [1.165, 1.54) is 44.7 Å². The van der Waals surface area contributed by atoms with Crippen molar-refractivity contribution in [2.24, 2.45) is 5.92 Å². The third kappa shape index (κ3) is 5.51. The lowest BCUT2D eigenvalue weighted by atomic mass is 9.89. The van der Waals surface area contributed by atoms with E-state index in [-0.39, 0.29) is 0 Å². The average Bonchev–Trinajstić information content (AvgIpc) is 3.08. The number of aromatic nitrogens is 2. The molecular formula is C18H27N5O2. The zero-order valence-corrected chi connectivity index (χ0v) is 14.5. The van der Waals surface area contributed by atoms with Crippen LogP contribution in [0, 0.1) is 5.92 Å². The minimum atomic E-state index is -0.578. The number of nitrogens with zero attached hydrogens (tertiary/aromatic N) is 3. The molecule has 0 spiro atoms. The molecule has 7 heteroatoms. The molecule has 136 valence electrons. The minimum Gasteiger partial charge on any atom is -0.350 e. The molecule has 0 aromatic carbocycles. The van der Waals surface area contributed by atoms with Crippen LogP contribution in [0.1, 0.15) is 44.1 Å². The van der Waals surface area contributed by atoms with Crippen LogP contribution in [0.5, 0.6) is 0 Å². The van der Waals surface area contributed by atoms with Gasteiger partial charge in [0.2, 0.25) is 5.95 Å². The predicted molar refractivity (Wildman–Crippen MR) is 96.0 cm³/mol. The van der Waals surface area contributed by atoms with E-state index in [1.807, 2.05) is 0 Å². The Bertz CT molecular complexity index is 584. The molecule has 3 N–H and O–H groups in total. The summed E-state index contributed by atoms with van der Waals surface area (Å²) in [5.74, 6) is 0.922. The standard InChI is InChI=1S/C18H27N5O2/c24-17(22-25)7-6-15-10-19-18(20-11-15)21-16-8-9-23(13-16)12-14-4-2-1-3-5-14/h6-7,10-11,14,16,25H,1-5,8-9,12-13H2,(H,22,24)(H,19,20,21)/b7-6+/t16-/m1/s1. The zero-order valence-electron chi connectivity index (χ0n) is 14.5. The van der Waals surface area contributed by atoms with Crippen LogP contribution in [0.25, 0.3) is 6.08 Å². The van der Waals surface area contributed by atoms with Gasteiger partial charge in [0.25, 0.3) is 5.91 Å². The van der Waals surface area contributed by atoms with Gasteiger partial charge in [0.15, 0.2) is 0 Å². The van der Waals surface area contributed by atoms with E-state index in [0.717, 1.165) is 25.4 Å². The molecule has 1 aliphatic carbocycles. The van der Waals surface area contributed by atoms with Crippen molar-refractivity contribution >= 4 is 17.9 Å². The van der Waals surface area contributed by atoms with Gasteiger partial charge in [-0.05, 0) is 31.3 Å². The zero-order chi connectivity index (χ0) is 17.5. The van der Waals surface area contributed by atoms with Crippen molar-refractivity contribution in [3.63, 3.8) is 0 Å². The van der Waals surface area contributed by atoms with E-state index >= 15 is 0 Å². The molecule has 2 aliphatic rings. The number of hydrogen-bond acceptors (Lipinski definition) is 6. The molecule has 1 amide bonds. The van der Waals surface area contributed by atoms with Gasteiger partial charge in [0.1, 0.15) is 0 Å². The monoisotopic (exact) mass is 345 g/mol. The second kappa shape index (κ2) is 8.92. The number of likely N-dealkylation sites (tertiary alicyclic amines) is 1. The molecule has 1 saturated carbocycles. The molecule has 0 radical (unpaired) electrons. The maximum Gasteiger partial charge on any atom is 0.267 e. The van der Waals surface area contributed by atoms with Gasteiger partial charge in [-0.2, -0.15) is 0 Å². The Labute approximate surface area is 148 Å². The summed E-state index contributed by atoms with van der Waals surface area (Å²) in [7, 11) is 0. The first-order valence-corrected chi connectivity index (χ1v) is 9.16. The van der Waals surface area contributed by atoms with Gasteiger partial charge in [0, 0.05) is 49.7 Å². The van der Waals surface area contributed by atoms with E-state index in [1.54, 1.807) is 23.9 Å². The fraction of sp³-hybridized carbons (Fsp3) is 0.611. The molecule has 25 heavy (non-hydrogen) atoms. The normalized spacial score (nSPS) is 22.4. The summed E-state index contributed by atoms with van der Waals surface area (Å²) in [6.07, 6.45) is 14.2. The van der Waals surface area contributed by atoms with E-state index in [9.17, 15) is 4.79 Å². The molecule has 0 bridgehead atoms. The highest BCUT2D eigenvalue weighted by atomic mass is 16.5. The van der Waals surface area contributed by atoms with Gasteiger partial charge in [-0.1, -0.05) is 19.3 Å². The van der Waals surface area contributed by atoms with Crippen molar-refractivity contribution in [2.75, 3.05) is 25.0 Å². The molecule has 2 fully saturated rings. The molecule has 3 rings (SSSR count). The van der Waals surface area contributed by atoms with Crippen LogP contribution in [0.4, 0.5) is 5.95 Å². The Morgan fingerprint density at radius 1 is 1.24 bits per heavy atom. The Kier molecular flexibility index (Phi) is 6.36. The lowest BCUT2D eigenvalue weighted by molar-refractivity contribution is -0.124. The van der Waals surface area contributed by atoms with Crippen molar-refractivity contribution in [3.05, 3.63) is 24.0 Å². The summed E-state index contributed by atoms with van der Waals surface area (Å²) in [5, 5.41) is 11.8. The Morgan fingerprint density at radius 3 is 2.72 bits per heavy atom.